The van der Waals surface area contributed by atoms with Crippen molar-refractivity contribution in [3.05, 3.63) is 35.9 Å². The van der Waals surface area contributed by atoms with Crippen LogP contribution in [0.2, 0.25) is 0 Å². The number of carbonyl (C=O) groups excluding carboxylic acids is 1. The molecule has 0 atom stereocenters. The third-order valence-corrected chi connectivity index (χ3v) is 2.99. The van der Waals surface area contributed by atoms with Gasteiger partial charge in [0.1, 0.15) is 0 Å². The van der Waals surface area contributed by atoms with E-state index >= 15 is 0 Å². The van der Waals surface area contributed by atoms with Crippen LogP contribution in [0.15, 0.2) is 35.3 Å². The lowest BCUT2D eigenvalue weighted by Gasteiger charge is -2.14. The zero-order valence-corrected chi connectivity index (χ0v) is 13.2. The maximum Gasteiger partial charge on any atom is 0.241 e. The molecule has 0 bridgehead atoms. The average Bonchev–Trinajstić information content (AvgIpc) is 2.50. The van der Waals surface area contributed by atoms with Crippen LogP contribution in [0, 0.1) is 0 Å². The van der Waals surface area contributed by atoms with Crippen LogP contribution < -0.4 is 10.6 Å². The monoisotopic (exact) mass is 290 g/mol. The van der Waals surface area contributed by atoms with E-state index in [1.807, 2.05) is 30.3 Å². The Labute approximate surface area is 127 Å². The fourth-order valence-electron chi connectivity index (χ4n) is 1.63. The molecule has 0 radical (unpaired) electrons. The fraction of sp³-hybridized carbons (Fsp3) is 0.500. The standard InChI is InChI=1S/C16H26N4O/c1-4-5-11-17-16(19-13-15(21)20(2)3)18-12-14-9-7-6-8-10-14/h6-10H,4-5,11-13H2,1-3H3,(H2,17,18,19). The summed E-state index contributed by atoms with van der Waals surface area (Å²) < 4.78 is 0. The zero-order chi connectivity index (χ0) is 15.5. The van der Waals surface area contributed by atoms with E-state index < -0.39 is 0 Å². The molecular formula is C16H26N4O. The molecule has 0 heterocycles. The summed E-state index contributed by atoms with van der Waals surface area (Å²) in [6, 6.07) is 10.1. The van der Waals surface area contributed by atoms with Gasteiger partial charge in [-0.25, -0.2) is 4.99 Å². The molecule has 0 saturated carbocycles. The highest BCUT2D eigenvalue weighted by Gasteiger charge is 2.05. The summed E-state index contributed by atoms with van der Waals surface area (Å²) in [5.41, 5.74) is 1.15. The lowest BCUT2D eigenvalue weighted by atomic mass is 10.2. The predicted molar refractivity (Wildman–Crippen MR) is 87.2 cm³/mol. The molecule has 116 valence electrons. The molecule has 5 heteroatoms. The van der Waals surface area contributed by atoms with Gasteiger partial charge in [0.25, 0.3) is 0 Å². The highest BCUT2D eigenvalue weighted by Crippen LogP contribution is 1.99. The normalized spacial score (nSPS) is 11.1. The van der Waals surface area contributed by atoms with Gasteiger partial charge in [0.2, 0.25) is 5.91 Å². The Balaban J connectivity index is 2.56. The van der Waals surface area contributed by atoms with E-state index in [1.165, 1.54) is 0 Å². The molecule has 2 N–H and O–H groups in total. The first-order valence-corrected chi connectivity index (χ1v) is 7.39. The molecule has 0 fully saturated rings. The minimum atomic E-state index is 0.0275. The van der Waals surface area contributed by atoms with E-state index in [4.69, 9.17) is 0 Å². The lowest BCUT2D eigenvalue weighted by Crippen LogP contribution is -2.43. The molecule has 0 aliphatic rings. The van der Waals surface area contributed by atoms with Crippen molar-refractivity contribution < 1.29 is 4.79 Å². The van der Waals surface area contributed by atoms with Gasteiger partial charge in [-0.1, -0.05) is 43.7 Å². The molecule has 0 aliphatic heterocycles. The van der Waals surface area contributed by atoms with Gasteiger partial charge in [0.05, 0.1) is 13.1 Å². The van der Waals surface area contributed by atoms with Gasteiger partial charge < -0.3 is 15.5 Å². The summed E-state index contributed by atoms with van der Waals surface area (Å²) in [6.07, 6.45) is 2.20. The van der Waals surface area contributed by atoms with Crippen LogP contribution in [0.25, 0.3) is 0 Å². The Kier molecular flexibility index (Phi) is 7.94. The van der Waals surface area contributed by atoms with Crippen molar-refractivity contribution in [2.75, 3.05) is 27.2 Å². The van der Waals surface area contributed by atoms with Gasteiger partial charge in [-0.05, 0) is 12.0 Å². The van der Waals surface area contributed by atoms with E-state index in [0.29, 0.717) is 12.5 Å². The van der Waals surface area contributed by atoms with E-state index in [1.54, 1.807) is 19.0 Å². The Morgan fingerprint density at radius 2 is 1.90 bits per heavy atom. The van der Waals surface area contributed by atoms with Gasteiger partial charge in [-0.3, -0.25) is 4.79 Å². The number of aliphatic imine (C=N–C) groups is 1. The number of nitrogens with zero attached hydrogens (tertiary/aromatic N) is 2. The van der Waals surface area contributed by atoms with E-state index in [0.717, 1.165) is 24.9 Å². The molecule has 0 aromatic heterocycles. The van der Waals surface area contributed by atoms with Crippen LogP contribution in [0.3, 0.4) is 0 Å². The molecule has 1 amide bonds. The summed E-state index contributed by atoms with van der Waals surface area (Å²) in [6.45, 7) is 3.84. The summed E-state index contributed by atoms with van der Waals surface area (Å²) >= 11 is 0. The van der Waals surface area contributed by atoms with Crippen molar-refractivity contribution in [3.8, 4) is 0 Å². The van der Waals surface area contributed by atoms with Crippen molar-refractivity contribution in [2.24, 2.45) is 4.99 Å². The van der Waals surface area contributed by atoms with Crippen LogP contribution >= 0.6 is 0 Å². The molecule has 21 heavy (non-hydrogen) atoms. The van der Waals surface area contributed by atoms with Gasteiger partial charge in [-0.15, -0.1) is 0 Å². The van der Waals surface area contributed by atoms with Gasteiger partial charge in [-0.2, -0.15) is 0 Å². The Morgan fingerprint density at radius 1 is 1.19 bits per heavy atom. The molecular weight excluding hydrogens is 264 g/mol. The minimum Gasteiger partial charge on any atom is -0.356 e. The number of hydrogen-bond donors (Lipinski definition) is 2. The van der Waals surface area contributed by atoms with Crippen molar-refractivity contribution in [1.29, 1.82) is 0 Å². The van der Waals surface area contributed by atoms with Crippen LogP contribution in [-0.2, 0) is 11.3 Å². The Morgan fingerprint density at radius 3 is 2.52 bits per heavy atom. The zero-order valence-electron chi connectivity index (χ0n) is 13.2. The maximum absolute atomic E-state index is 11.6. The topological polar surface area (TPSA) is 56.7 Å². The fourth-order valence-corrected chi connectivity index (χ4v) is 1.63. The Hall–Kier alpha value is -2.04. The molecule has 1 rings (SSSR count). The van der Waals surface area contributed by atoms with Crippen molar-refractivity contribution in [3.63, 3.8) is 0 Å². The minimum absolute atomic E-state index is 0.0275. The molecule has 5 nitrogen and oxygen atoms in total. The van der Waals surface area contributed by atoms with Gasteiger partial charge >= 0.3 is 0 Å². The number of likely N-dealkylation sites (N-methyl/N-ethyl adjacent to an activating group) is 1. The largest absolute Gasteiger partial charge is 0.356 e. The van der Waals surface area contributed by atoms with Crippen molar-refractivity contribution >= 4 is 11.9 Å². The first kappa shape index (κ1) is 17.0. The number of carbonyl (C=O) groups is 1. The van der Waals surface area contributed by atoms with Crippen LogP contribution in [0.4, 0.5) is 0 Å². The SMILES string of the molecule is CCCCNC(=NCc1ccccc1)NCC(=O)N(C)C. The summed E-state index contributed by atoms with van der Waals surface area (Å²) in [4.78, 5) is 17.7. The van der Waals surface area contributed by atoms with Crippen LogP contribution in [0.5, 0.6) is 0 Å². The molecule has 1 aromatic rings. The van der Waals surface area contributed by atoms with Gasteiger partial charge in [0, 0.05) is 20.6 Å². The highest BCUT2D eigenvalue weighted by atomic mass is 16.2. The third-order valence-electron chi connectivity index (χ3n) is 2.99. The second-order valence-corrected chi connectivity index (χ2v) is 5.07. The molecule has 0 spiro atoms. The lowest BCUT2D eigenvalue weighted by molar-refractivity contribution is -0.127. The number of unbranched alkanes of at least 4 members (excludes halogenated alkanes) is 1. The smallest absolute Gasteiger partial charge is 0.241 e. The quantitative estimate of drug-likeness (QED) is 0.456. The number of guanidine groups is 1. The molecule has 0 saturated heterocycles. The van der Waals surface area contributed by atoms with E-state index in [9.17, 15) is 4.79 Å². The number of nitrogens with one attached hydrogen (secondary N) is 2. The molecule has 0 unspecified atom stereocenters. The molecule has 0 aliphatic carbocycles. The first-order valence-electron chi connectivity index (χ1n) is 7.39. The van der Waals surface area contributed by atoms with Gasteiger partial charge in [0.15, 0.2) is 5.96 Å². The summed E-state index contributed by atoms with van der Waals surface area (Å²) in [7, 11) is 3.49. The van der Waals surface area contributed by atoms with E-state index in [-0.39, 0.29) is 12.5 Å². The van der Waals surface area contributed by atoms with E-state index in [2.05, 4.69) is 22.5 Å². The second kappa shape index (κ2) is 9.80. The maximum atomic E-state index is 11.6. The number of rotatable bonds is 7. The highest BCUT2D eigenvalue weighted by molar-refractivity contribution is 5.86. The Bertz CT molecular complexity index is 443. The second-order valence-electron chi connectivity index (χ2n) is 5.07. The molecule has 1 aromatic carbocycles. The number of hydrogen-bond acceptors (Lipinski definition) is 2. The summed E-state index contributed by atoms with van der Waals surface area (Å²) in [5, 5.41) is 6.33. The van der Waals surface area contributed by atoms with Crippen LogP contribution in [-0.4, -0.2) is 44.0 Å². The number of amides is 1. The van der Waals surface area contributed by atoms with Crippen molar-refractivity contribution in [2.45, 2.75) is 26.3 Å². The van der Waals surface area contributed by atoms with Crippen LogP contribution in [0.1, 0.15) is 25.3 Å². The predicted octanol–water partition coefficient (Wildman–Crippen LogP) is 1.61. The third kappa shape index (κ3) is 7.34. The summed E-state index contributed by atoms with van der Waals surface area (Å²) in [5.74, 6) is 0.710. The number of benzene rings is 1. The average molecular weight is 290 g/mol. The van der Waals surface area contributed by atoms with Crippen molar-refractivity contribution in [1.82, 2.24) is 15.5 Å². The first-order chi connectivity index (χ1) is 10.1.